The van der Waals surface area contributed by atoms with E-state index in [0.717, 1.165) is 19.6 Å². The Balaban J connectivity index is 2.13. The molecule has 5 nitrogen and oxygen atoms in total. The lowest BCUT2D eigenvalue weighted by molar-refractivity contribution is -0.144. The van der Waals surface area contributed by atoms with Gasteiger partial charge in [-0.1, -0.05) is 0 Å². The summed E-state index contributed by atoms with van der Waals surface area (Å²) in [6.45, 7) is 2.95. The number of likely N-dealkylation sites (N-methyl/N-ethyl adjacent to an activating group) is 1. The highest BCUT2D eigenvalue weighted by atomic mass is 16.7. The highest BCUT2D eigenvalue weighted by molar-refractivity contribution is 4.67. The average Bonchev–Trinajstić information content (AvgIpc) is 2.19. The second kappa shape index (κ2) is 7.14. The Hall–Kier alpha value is -0.200. The first-order chi connectivity index (χ1) is 7.22. The van der Waals surface area contributed by atoms with Crippen LogP contribution in [0.2, 0.25) is 0 Å². The maximum atomic E-state index is 9.52. The molecule has 15 heavy (non-hydrogen) atoms. The summed E-state index contributed by atoms with van der Waals surface area (Å²) in [7, 11) is 3.56. The Labute approximate surface area is 90.9 Å². The first kappa shape index (κ1) is 12.9. The minimum atomic E-state index is -0.431. The molecule has 0 amide bonds. The zero-order valence-corrected chi connectivity index (χ0v) is 9.52. The van der Waals surface area contributed by atoms with E-state index in [2.05, 4.69) is 4.90 Å². The topological polar surface area (TPSA) is 51.2 Å². The number of methoxy groups -OCH3 is 1. The molecule has 0 aliphatic carbocycles. The molecule has 1 fully saturated rings. The molecule has 2 atom stereocenters. The monoisotopic (exact) mass is 219 g/mol. The van der Waals surface area contributed by atoms with Crippen LogP contribution in [0.25, 0.3) is 0 Å². The molecule has 0 spiro atoms. The first-order valence-electron chi connectivity index (χ1n) is 5.27. The largest absolute Gasteiger partial charge is 0.389 e. The standard InChI is InChI=1S/C10H21NO4/c1-11(5-9(12)7-13-2)6-10-3-4-14-8-15-10/h9-10,12H,3-8H2,1-2H3. The summed E-state index contributed by atoms with van der Waals surface area (Å²) in [4.78, 5) is 2.06. The van der Waals surface area contributed by atoms with Crippen LogP contribution in [0.3, 0.4) is 0 Å². The summed E-state index contributed by atoms with van der Waals surface area (Å²) in [5.41, 5.74) is 0. The maximum absolute atomic E-state index is 9.52. The lowest BCUT2D eigenvalue weighted by Gasteiger charge is -2.28. The smallest absolute Gasteiger partial charge is 0.147 e. The van der Waals surface area contributed by atoms with Crippen molar-refractivity contribution in [3.05, 3.63) is 0 Å². The molecule has 90 valence electrons. The third-order valence-corrected chi connectivity index (χ3v) is 2.37. The van der Waals surface area contributed by atoms with Gasteiger partial charge in [-0.05, 0) is 13.5 Å². The third-order valence-electron chi connectivity index (χ3n) is 2.37. The van der Waals surface area contributed by atoms with Crippen LogP contribution in [0.15, 0.2) is 0 Å². The zero-order valence-electron chi connectivity index (χ0n) is 9.52. The molecule has 5 heteroatoms. The molecule has 0 aromatic heterocycles. The molecule has 1 aliphatic rings. The van der Waals surface area contributed by atoms with Crippen molar-refractivity contribution in [2.24, 2.45) is 0 Å². The number of nitrogens with zero attached hydrogens (tertiary/aromatic N) is 1. The molecule has 0 aromatic rings. The van der Waals surface area contributed by atoms with Crippen molar-refractivity contribution in [1.82, 2.24) is 4.90 Å². The highest BCUT2D eigenvalue weighted by Gasteiger charge is 2.17. The summed E-state index contributed by atoms with van der Waals surface area (Å²) in [5, 5.41) is 9.52. The second-order valence-corrected chi connectivity index (χ2v) is 3.93. The summed E-state index contributed by atoms with van der Waals surface area (Å²) < 4.78 is 15.4. The van der Waals surface area contributed by atoms with Crippen molar-refractivity contribution in [2.45, 2.75) is 18.6 Å². The molecular weight excluding hydrogens is 198 g/mol. The van der Waals surface area contributed by atoms with Crippen molar-refractivity contribution in [2.75, 3.05) is 47.3 Å². The zero-order chi connectivity index (χ0) is 11.1. The fourth-order valence-corrected chi connectivity index (χ4v) is 1.67. The maximum Gasteiger partial charge on any atom is 0.147 e. The normalized spacial score (nSPS) is 24.4. The number of hydrogen-bond donors (Lipinski definition) is 1. The van der Waals surface area contributed by atoms with Gasteiger partial charge in [0.05, 0.1) is 25.4 Å². The van der Waals surface area contributed by atoms with Gasteiger partial charge in [0.25, 0.3) is 0 Å². The van der Waals surface area contributed by atoms with Gasteiger partial charge in [-0.2, -0.15) is 0 Å². The fourth-order valence-electron chi connectivity index (χ4n) is 1.67. The van der Waals surface area contributed by atoms with Gasteiger partial charge >= 0.3 is 0 Å². The predicted molar refractivity (Wildman–Crippen MR) is 55.7 cm³/mol. The summed E-state index contributed by atoms with van der Waals surface area (Å²) in [6, 6.07) is 0. The Kier molecular flexibility index (Phi) is 6.12. The van der Waals surface area contributed by atoms with Crippen LogP contribution in [-0.2, 0) is 14.2 Å². The minimum absolute atomic E-state index is 0.221. The van der Waals surface area contributed by atoms with E-state index >= 15 is 0 Å². The van der Waals surface area contributed by atoms with E-state index in [1.54, 1.807) is 7.11 Å². The van der Waals surface area contributed by atoms with Crippen molar-refractivity contribution in [1.29, 1.82) is 0 Å². The second-order valence-electron chi connectivity index (χ2n) is 3.93. The summed E-state index contributed by atoms with van der Waals surface area (Å²) in [5.74, 6) is 0. The Morgan fingerprint density at radius 3 is 3.00 bits per heavy atom. The van der Waals surface area contributed by atoms with Gasteiger partial charge in [-0.25, -0.2) is 0 Å². The number of hydrogen-bond acceptors (Lipinski definition) is 5. The van der Waals surface area contributed by atoms with Crippen molar-refractivity contribution < 1.29 is 19.3 Å². The molecule has 1 heterocycles. The van der Waals surface area contributed by atoms with E-state index in [0.29, 0.717) is 19.9 Å². The Morgan fingerprint density at radius 2 is 2.40 bits per heavy atom. The van der Waals surface area contributed by atoms with Crippen LogP contribution in [-0.4, -0.2) is 69.5 Å². The molecule has 1 saturated heterocycles. The lowest BCUT2D eigenvalue weighted by Crippen LogP contribution is -2.39. The van der Waals surface area contributed by atoms with Crippen LogP contribution in [0.5, 0.6) is 0 Å². The van der Waals surface area contributed by atoms with Crippen LogP contribution in [0.1, 0.15) is 6.42 Å². The molecule has 1 N–H and O–H groups in total. The highest BCUT2D eigenvalue weighted by Crippen LogP contribution is 2.07. The molecule has 0 saturated carbocycles. The molecule has 1 aliphatic heterocycles. The number of aliphatic hydroxyl groups is 1. The lowest BCUT2D eigenvalue weighted by atomic mass is 10.2. The first-order valence-corrected chi connectivity index (χ1v) is 5.27. The number of aliphatic hydroxyl groups excluding tert-OH is 1. The van der Waals surface area contributed by atoms with Crippen molar-refractivity contribution in [3.8, 4) is 0 Å². The van der Waals surface area contributed by atoms with E-state index in [1.165, 1.54) is 0 Å². The molecule has 0 radical (unpaired) electrons. The van der Waals surface area contributed by atoms with Gasteiger partial charge in [0.2, 0.25) is 0 Å². The van der Waals surface area contributed by atoms with Gasteiger partial charge < -0.3 is 24.2 Å². The average molecular weight is 219 g/mol. The Bertz CT molecular complexity index is 162. The molecule has 1 rings (SSSR count). The van der Waals surface area contributed by atoms with Crippen LogP contribution in [0, 0.1) is 0 Å². The third kappa shape index (κ3) is 5.44. The molecular formula is C10H21NO4. The van der Waals surface area contributed by atoms with Crippen LogP contribution >= 0.6 is 0 Å². The summed E-state index contributed by atoms with van der Waals surface area (Å²) >= 11 is 0. The number of rotatable bonds is 6. The van der Waals surface area contributed by atoms with E-state index in [9.17, 15) is 5.11 Å². The van der Waals surface area contributed by atoms with E-state index < -0.39 is 6.10 Å². The van der Waals surface area contributed by atoms with Gasteiger partial charge in [-0.15, -0.1) is 0 Å². The van der Waals surface area contributed by atoms with E-state index in [1.807, 2.05) is 7.05 Å². The molecule has 0 bridgehead atoms. The quantitative estimate of drug-likeness (QED) is 0.664. The van der Waals surface area contributed by atoms with Gasteiger partial charge in [-0.3, -0.25) is 0 Å². The predicted octanol–water partition coefficient (Wildman–Crippen LogP) is -0.311. The molecule has 0 aromatic carbocycles. The number of ether oxygens (including phenoxy) is 3. The van der Waals surface area contributed by atoms with E-state index in [4.69, 9.17) is 14.2 Å². The van der Waals surface area contributed by atoms with Crippen molar-refractivity contribution >= 4 is 0 Å². The fraction of sp³-hybridized carbons (Fsp3) is 1.00. The van der Waals surface area contributed by atoms with Gasteiger partial charge in [0.15, 0.2) is 0 Å². The SMILES string of the molecule is COCC(O)CN(C)CC1CCOCO1. The minimum Gasteiger partial charge on any atom is -0.389 e. The molecule has 2 unspecified atom stereocenters. The van der Waals surface area contributed by atoms with E-state index in [-0.39, 0.29) is 6.10 Å². The van der Waals surface area contributed by atoms with Gasteiger partial charge in [0.1, 0.15) is 6.79 Å². The Morgan fingerprint density at radius 1 is 1.60 bits per heavy atom. The van der Waals surface area contributed by atoms with Crippen LogP contribution < -0.4 is 0 Å². The summed E-state index contributed by atoms with van der Waals surface area (Å²) in [6.07, 6.45) is 0.711. The van der Waals surface area contributed by atoms with Crippen LogP contribution in [0.4, 0.5) is 0 Å². The van der Waals surface area contributed by atoms with Crippen molar-refractivity contribution in [3.63, 3.8) is 0 Å². The van der Waals surface area contributed by atoms with Gasteiger partial charge in [0, 0.05) is 20.2 Å².